The summed E-state index contributed by atoms with van der Waals surface area (Å²) in [5.74, 6) is 0.629. The van der Waals surface area contributed by atoms with Crippen LogP contribution >= 0.6 is 11.3 Å². The van der Waals surface area contributed by atoms with Crippen molar-refractivity contribution in [2.45, 2.75) is 39.8 Å². The quantitative estimate of drug-likeness (QED) is 0.138. The fourth-order valence-corrected chi connectivity index (χ4v) is 6.69. The molecule has 4 aromatic carbocycles. The summed E-state index contributed by atoms with van der Waals surface area (Å²) < 4.78 is 32.0. The number of fused-ring (bicyclic) bond motifs is 1. The molecule has 0 bridgehead atoms. The number of thiophene rings is 1. The van der Waals surface area contributed by atoms with Gasteiger partial charge in [-0.2, -0.15) is 0 Å². The van der Waals surface area contributed by atoms with Crippen LogP contribution in [-0.2, 0) is 6.61 Å². The Bertz CT molecular complexity index is 1930. The number of halogens is 1. The highest BCUT2D eigenvalue weighted by molar-refractivity contribution is 7.17. The van der Waals surface area contributed by atoms with E-state index in [1.807, 2.05) is 55.5 Å². The number of methoxy groups -OCH3 is 1. The number of ether oxygens (including phenoxy) is 3. The molecule has 5 nitrogen and oxygen atoms in total. The number of hydrogen-bond acceptors (Lipinski definition) is 6. The minimum atomic E-state index is -0.431. The second kappa shape index (κ2) is 12.3. The number of anilines is 1. The summed E-state index contributed by atoms with van der Waals surface area (Å²) in [6.07, 6.45) is 2.20. The van der Waals surface area contributed by atoms with Crippen LogP contribution in [0.5, 0.6) is 17.2 Å². The zero-order valence-electron chi connectivity index (χ0n) is 25.9. The molecule has 0 aliphatic carbocycles. The average molecular weight is 620 g/mol. The van der Waals surface area contributed by atoms with Gasteiger partial charge >= 0.3 is 5.97 Å². The number of aryl methyl sites for hydroxylation is 1. The van der Waals surface area contributed by atoms with Gasteiger partial charge in [-0.1, -0.05) is 48.5 Å². The Morgan fingerprint density at radius 3 is 2.44 bits per heavy atom. The first kappa shape index (κ1) is 30.2. The molecule has 1 aliphatic heterocycles. The molecule has 1 aromatic heterocycles. The Morgan fingerprint density at radius 2 is 1.67 bits per heavy atom. The van der Waals surface area contributed by atoms with Crippen LogP contribution in [-0.4, -0.2) is 18.6 Å². The van der Waals surface area contributed by atoms with Gasteiger partial charge in [-0.3, -0.25) is 0 Å². The Kier molecular flexibility index (Phi) is 8.21. The minimum Gasteiger partial charge on any atom is -0.496 e. The summed E-state index contributed by atoms with van der Waals surface area (Å²) in [7, 11) is 1.59. The molecule has 0 saturated carbocycles. The van der Waals surface area contributed by atoms with Crippen LogP contribution in [0.4, 0.5) is 10.1 Å². The number of rotatable bonds is 8. The third-order valence-corrected chi connectivity index (χ3v) is 8.92. The smallest absolute Gasteiger partial charge is 0.353 e. The van der Waals surface area contributed by atoms with Crippen LogP contribution in [0.2, 0.25) is 0 Å². The van der Waals surface area contributed by atoms with Gasteiger partial charge in [0.05, 0.1) is 12.6 Å². The van der Waals surface area contributed by atoms with Crippen molar-refractivity contribution in [2.24, 2.45) is 0 Å². The average Bonchev–Trinajstić information content (AvgIpc) is 3.52. The second-order valence-corrected chi connectivity index (χ2v) is 12.8. The lowest BCUT2D eigenvalue weighted by Crippen LogP contribution is -2.32. The molecule has 0 amide bonds. The summed E-state index contributed by atoms with van der Waals surface area (Å²) >= 11 is 1.39. The van der Waals surface area contributed by atoms with E-state index in [0.29, 0.717) is 22.1 Å². The Balaban J connectivity index is 1.34. The lowest BCUT2D eigenvalue weighted by atomic mass is 9.85. The van der Waals surface area contributed by atoms with E-state index in [2.05, 4.69) is 38.2 Å². The molecule has 5 aromatic rings. The van der Waals surface area contributed by atoms with Crippen molar-refractivity contribution in [1.82, 2.24) is 0 Å². The van der Waals surface area contributed by atoms with Gasteiger partial charge in [-0.05, 0) is 86.4 Å². The van der Waals surface area contributed by atoms with E-state index in [1.54, 1.807) is 31.4 Å². The van der Waals surface area contributed by atoms with Gasteiger partial charge in [0.2, 0.25) is 0 Å². The molecule has 0 atom stereocenters. The molecule has 6 rings (SSSR count). The zero-order chi connectivity index (χ0) is 31.7. The predicted molar refractivity (Wildman–Crippen MR) is 180 cm³/mol. The van der Waals surface area contributed by atoms with Crippen LogP contribution in [0.15, 0.2) is 97.1 Å². The number of benzene rings is 4. The number of carbonyl (C=O) groups excluding carboxylic acids is 1. The normalized spacial score (nSPS) is 13.3. The molecule has 228 valence electrons. The Labute approximate surface area is 266 Å². The van der Waals surface area contributed by atoms with Crippen LogP contribution in [0, 0.1) is 12.7 Å². The standard InChI is InChI=1S/C38H34FNO4S/c1-23-11-12-26(39)19-32(23)43-22-30-28(15-16-31-36(30)24(2)21-38(3,4)40-31)29-14-13-27(20-33(29)42-5)44-37(41)35-18-17-34(45-35)25-9-7-6-8-10-25/h6-21,40H,22H2,1-5H3. The summed E-state index contributed by atoms with van der Waals surface area (Å²) in [5, 5.41) is 3.61. The van der Waals surface area contributed by atoms with Gasteiger partial charge < -0.3 is 19.5 Å². The summed E-state index contributed by atoms with van der Waals surface area (Å²) in [4.78, 5) is 14.6. The van der Waals surface area contributed by atoms with Gasteiger partial charge in [0, 0.05) is 39.4 Å². The van der Waals surface area contributed by atoms with Gasteiger partial charge in [0.15, 0.2) is 0 Å². The number of carbonyl (C=O) groups is 1. The first-order valence-corrected chi connectivity index (χ1v) is 15.5. The Hall–Kier alpha value is -4.88. The van der Waals surface area contributed by atoms with E-state index < -0.39 is 5.97 Å². The van der Waals surface area contributed by atoms with Crippen molar-refractivity contribution in [2.75, 3.05) is 12.4 Å². The van der Waals surface area contributed by atoms with E-state index in [-0.39, 0.29) is 18.0 Å². The molecule has 45 heavy (non-hydrogen) atoms. The molecule has 0 fully saturated rings. The van der Waals surface area contributed by atoms with Gasteiger partial charge in [0.1, 0.15) is 34.5 Å². The maximum absolute atomic E-state index is 14.1. The van der Waals surface area contributed by atoms with Crippen molar-refractivity contribution < 1.29 is 23.4 Å². The topological polar surface area (TPSA) is 56.8 Å². The largest absolute Gasteiger partial charge is 0.496 e. The molecule has 0 spiro atoms. The van der Waals surface area contributed by atoms with Crippen molar-refractivity contribution >= 4 is 28.6 Å². The molecule has 0 unspecified atom stereocenters. The second-order valence-electron chi connectivity index (χ2n) is 11.7. The maximum Gasteiger partial charge on any atom is 0.353 e. The number of esters is 1. The molecule has 7 heteroatoms. The minimum absolute atomic E-state index is 0.206. The number of allylic oxidation sites excluding steroid dienone is 1. The first-order valence-electron chi connectivity index (χ1n) is 14.7. The molecule has 1 N–H and O–H groups in total. The number of nitrogens with one attached hydrogen (secondary N) is 1. The molecular formula is C38H34FNO4S. The van der Waals surface area contributed by atoms with Crippen molar-refractivity contribution in [3.8, 4) is 38.8 Å². The van der Waals surface area contributed by atoms with Crippen LogP contribution < -0.4 is 19.5 Å². The summed E-state index contributed by atoms with van der Waals surface area (Å²) in [6.45, 7) is 8.45. The van der Waals surface area contributed by atoms with E-state index >= 15 is 0 Å². The monoisotopic (exact) mass is 619 g/mol. The van der Waals surface area contributed by atoms with E-state index in [0.717, 1.165) is 49.5 Å². The van der Waals surface area contributed by atoms with Crippen molar-refractivity contribution in [3.05, 3.63) is 124 Å². The van der Waals surface area contributed by atoms with E-state index in [1.165, 1.54) is 23.5 Å². The highest BCUT2D eigenvalue weighted by Crippen LogP contribution is 2.44. The molecular weight excluding hydrogens is 585 g/mol. The van der Waals surface area contributed by atoms with Crippen molar-refractivity contribution in [1.29, 1.82) is 0 Å². The van der Waals surface area contributed by atoms with Gasteiger partial charge in [-0.25, -0.2) is 9.18 Å². The fraction of sp³-hybridized carbons (Fsp3) is 0.184. The lowest BCUT2D eigenvalue weighted by molar-refractivity contribution is 0.0739. The lowest BCUT2D eigenvalue weighted by Gasteiger charge is -2.33. The third kappa shape index (κ3) is 6.35. The predicted octanol–water partition coefficient (Wildman–Crippen LogP) is 9.94. The molecule has 0 saturated heterocycles. The van der Waals surface area contributed by atoms with Gasteiger partial charge in [-0.15, -0.1) is 11.3 Å². The highest BCUT2D eigenvalue weighted by atomic mass is 32.1. The summed E-state index contributed by atoms with van der Waals surface area (Å²) in [5.41, 5.74) is 7.46. The first-order chi connectivity index (χ1) is 21.6. The molecule has 1 aliphatic rings. The highest BCUT2D eigenvalue weighted by Gasteiger charge is 2.27. The summed E-state index contributed by atoms with van der Waals surface area (Å²) in [6, 6.07) is 27.7. The van der Waals surface area contributed by atoms with E-state index in [4.69, 9.17) is 14.2 Å². The third-order valence-electron chi connectivity index (χ3n) is 7.80. The van der Waals surface area contributed by atoms with Crippen LogP contribution in [0.25, 0.3) is 27.1 Å². The maximum atomic E-state index is 14.1. The van der Waals surface area contributed by atoms with Crippen molar-refractivity contribution in [3.63, 3.8) is 0 Å². The van der Waals surface area contributed by atoms with Crippen LogP contribution in [0.1, 0.15) is 47.1 Å². The number of hydrogen-bond donors (Lipinski definition) is 1. The van der Waals surface area contributed by atoms with E-state index in [9.17, 15) is 9.18 Å². The molecule has 2 heterocycles. The van der Waals surface area contributed by atoms with Gasteiger partial charge in [0.25, 0.3) is 0 Å². The fourth-order valence-electron chi connectivity index (χ4n) is 5.80. The Morgan fingerprint density at radius 1 is 0.889 bits per heavy atom. The van der Waals surface area contributed by atoms with Crippen LogP contribution in [0.3, 0.4) is 0 Å². The zero-order valence-corrected chi connectivity index (χ0v) is 26.7. The SMILES string of the molecule is COc1cc(OC(=O)c2ccc(-c3ccccc3)s2)ccc1-c1ccc2c(c1COc1cc(F)ccc1C)C(C)=CC(C)(C)N2. The molecule has 0 radical (unpaired) electrons.